The number of hydrogen-bond acceptors (Lipinski definition) is 8. The van der Waals surface area contributed by atoms with E-state index in [9.17, 15) is 10.1 Å². The minimum absolute atomic E-state index is 0.122. The van der Waals surface area contributed by atoms with Gasteiger partial charge >= 0.3 is 0 Å². The molecule has 0 N–H and O–H groups in total. The Labute approximate surface area is 266 Å². The Balaban J connectivity index is 1.23. The van der Waals surface area contributed by atoms with E-state index in [1.165, 1.54) is 18.2 Å². The van der Waals surface area contributed by atoms with Crippen molar-refractivity contribution in [1.82, 2.24) is 0 Å². The number of ether oxygens (including phenoxy) is 6. The van der Waals surface area contributed by atoms with Crippen molar-refractivity contribution in [1.29, 1.82) is 0 Å². The molecule has 45 heavy (non-hydrogen) atoms. The first-order valence-corrected chi connectivity index (χ1v) is 15.3. The Bertz CT molecular complexity index is 1530. The molecule has 4 aromatic rings. The molecule has 4 aromatic carbocycles. The summed E-state index contributed by atoms with van der Waals surface area (Å²) in [7, 11) is 0. The van der Waals surface area contributed by atoms with Crippen LogP contribution >= 0.6 is 11.6 Å². The molecular formula is C35H34ClNO8. The van der Waals surface area contributed by atoms with Crippen LogP contribution in [0.3, 0.4) is 0 Å². The first kappa shape index (κ1) is 31.2. The highest BCUT2D eigenvalue weighted by molar-refractivity contribution is 6.32. The lowest BCUT2D eigenvalue weighted by atomic mass is 9.89. The van der Waals surface area contributed by atoms with Gasteiger partial charge in [0.2, 0.25) is 6.29 Å². The highest BCUT2D eigenvalue weighted by atomic mass is 35.5. The largest absolute Gasteiger partial charge is 0.463 e. The summed E-state index contributed by atoms with van der Waals surface area (Å²) in [6.07, 6.45) is -2.34. The summed E-state index contributed by atoms with van der Waals surface area (Å²) in [5.74, 6) is 0.0500. The van der Waals surface area contributed by atoms with Gasteiger partial charge in [-0.05, 0) is 22.8 Å². The molecule has 0 aliphatic carbocycles. The van der Waals surface area contributed by atoms with E-state index in [2.05, 4.69) is 0 Å². The zero-order chi connectivity index (χ0) is 31.0. The lowest BCUT2D eigenvalue weighted by Gasteiger charge is -2.43. The minimum Gasteiger partial charge on any atom is -0.463 e. The Hall–Kier alpha value is -3.83. The summed E-state index contributed by atoms with van der Waals surface area (Å²) >= 11 is 6.33. The molecule has 0 saturated carbocycles. The molecular weight excluding hydrogens is 598 g/mol. The molecule has 2 saturated heterocycles. The number of fused-ring (bicyclic) bond motifs is 1. The summed E-state index contributed by atoms with van der Waals surface area (Å²) in [5.41, 5.74) is 2.99. The molecule has 0 amide bonds. The van der Waals surface area contributed by atoms with Gasteiger partial charge in [-0.1, -0.05) is 103 Å². The molecule has 0 radical (unpaired) electrons. The first-order valence-electron chi connectivity index (χ1n) is 14.9. The Kier molecular flexibility index (Phi) is 10.4. The lowest BCUT2D eigenvalue weighted by molar-refractivity contribution is -0.384. The second kappa shape index (κ2) is 15.0. The maximum Gasteiger partial charge on any atom is 0.271 e. The zero-order valence-electron chi connectivity index (χ0n) is 24.5. The van der Waals surface area contributed by atoms with E-state index in [-0.39, 0.29) is 29.0 Å². The lowest BCUT2D eigenvalue weighted by Crippen LogP contribution is -2.56. The van der Waals surface area contributed by atoms with Gasteiger partial charge < -0.3 is 28.4 Å². The smallest absolute Gasteiger partial charge is 0.271 e. The first-order chi connectivity index (χ1) is 22.0. The molecule has 6 rings (SSSR count). The van der Waals surface area contributed by atoms with Crippen molar-refractivity contribution in [3.05, 3.63) is 141 Å². The highest BCUT2D eigenvalue weighted by Crippen LogP contribution is 2.42. The quantitative estimate of drug-likeness (QED) is 0.114. The van der Waals surface area contributed by atoms with Gasteiger partial charge in [-0.25, -0.2) is 0 Å². The number of halogens is 1. The molecule has 10 heteroatoms. The number of rotatable bonds is 13. The molecule has 0 spiro atoms. The fourth-order valence-electron chi connectivity index (χ4n) is 5.64. The van der Waals surface area contributed by atoms with Crippen LogP contribution in [0.1, 0.15) is 23.1 Å². The van der Waals surface area contributed by atoms with Crippen LogP contribution < -0.4 is 4.74 Å². The fourth-order valence-corrected chi connectivity index (χ4v) is 5.86. The van der Waals surface area contributed by atoms with Gasteiger partial charge in [-0.15, -0.1) is 0 Å². The van der Waals surface area contributed by atoms with Crippen molar-refractivity contribution < 1.29 is 33.3 Å². The molecule has 2 fully saturated rings. The van der Waals surface area contributed by atoms with E-state index >= 15 is 0 Å². The van der Waals surface area contributed by atoms with Gasteiger partial charge in [-0.3, -0.25) is 10.1 Å². The Morgan fingerprint density at radius 1 is 0.756 bits per heavy atom. The molecule has 0 bridgehead atoms. The number of nitro groups is 1. The average molecular weight is 632 g/mol. The molecule has 9 nitrogen and oxygen atoms in total. The second-order valence-electron chi connectivity index (χ2n) is 11.0. The SMILES string of the molecule is O=[N+]([O-])c1ccc(O[C@H]2C[C@H]3[C@@H](O2)O[C@H](COCc2ccccc2)[C@@H](OCc2ccccc2)[C@@H]3OCc2ccccc2)c(Cl)c1. The van der Waals surface area contributed by atoms with Gasteiger partial charge in [0.1, 0.15) is 18.0 Å². The van der Waals surface area contributed by atoms with Gasteiger partial charge in [0, 0.05) is 24.5 Å². The monoisotopic (exact) mass is 631 g/mol. The van der Waals surface area contributed by atoms with E-state index in [1.54, 1.807) is 0 Å². The van der Waals surface area contributed by atoms with E-state index in [0.29, 0.717) is 26.2 Å². The molecule has 0 aromatic heterocycles. The van der Waals surface area contributed by atoms with Crippen molar-refractivity contribution in [3.63, 3.8) is 0 Å². The van der Waals surface area contributed by atoms with Crippen LogP contribution in [0.5, 0.6) is 5.75 Å². The van der Waals surface area contributed by atoms with Crippen molar-refractivity contribution in [2.75, 3.05) is 6.61 Å². The van der Waals surface area contributed by atoms with Gasteiger partial charge in [0.15, 0.2) is 6.29 Å². The van der Waals surface area contributed by atoms with Crippen LogP contribution in [0.4, 0.5) is 5.69 Å². The minimum atomic E-state index is -0.722. The number of nitrogens with zero attached hydrogens (tertiary/aromatic N) is 1. The molecule has 0 unspecified atom stereocenters. The topological polar surface area (TPSA) is 98.5 Å². The predicted octanol–water partition coefficient (Wildman–Crippen LogP) is 7.10. The summed E-state index contributed by atoms with van der Waals surface area (Å²) in [6, 6.07) is 33.9. The van der Waals surface area contributed by atoms with E-state index in [1.807, 2.05) is 91.0 Å². The normalized spacial score (nSPS) is 24.2. The Morgan fingerprint density at radius 2 is 1.33 bits per heavy atom. The molecule has 2 aliphatic rings. The zero-order valence-corrected chi connectivity index (χ0v) is 25.2. The summed E-state index contributed by atoms with van der Waals surface area (Å²) in [5, 5.41) is 11.3. The van der Waals surface area contributed by atoms with Crippen molar-refractivity contribution in [2.45, 2.75) is 57.1 Å². The van der Waals surface area contributed by atoms with E-state index in [0.717, 1.165) is 16.7 Å². The maximum atomic E-state index is 11.2. The Morgan fingerprint density at radius 3 is 1.91 bits per heavy atom. The molecule has 2 heterocycles. The third kappa shape index (κ3) is 8.07. The van der Waals surface area contributed by atoms with Crippen LogP contribution in [0, 0.1) is 16.0 Å². The summed E-state index contributed by atoms with van der Waals surface area (Å²) in [4.78, 5) is 10.7. The van der Waals surface area contributed by atoms with Crippen LogP contribution in [0.15, 0.2) is 109 Å². The van der Waals surface area contributed by atoms with Crippen LogP contribution in [-0.4, -0.2) is 42.4 Å². The van der Waals surface area contributed by atoms with Crippen molar-refractivity contribution in [2.24, 2.45) is 5.92 Å². The third-order valence-electron chi connectivity index (χ3n) is 7.87. The molecule has 2 aliphatic heterocycles. The van der Waals surface area contributed by atoms with E-state index < -0.39 is 35.8 Å². The molecule has 234 valence electrons. The average Bonchev–Trinajstić information content (AvgIpc) is 3.47. The summed E-state index contributed by atoms with van der Waals surface area (Å²) < 4.78 is 38.3. The van der Waals surface area contributed by atoms with Crippen LogP contribution in [0.25, 0.3) is 0 Å². The van der Waals surface area contributed by atoms with Crippen molar-refractivity contribution in [3.8, 4) is 5.75 Å². The number of benzene rings is 4. The van der Waals surface area contributed by atoms with Gasteiger partial charge in [-0.2, -0.15) is 0 Å². The van der Waals surface area contributed by atoms with E-state index in [4.69, 9.17) is 40.0 Å². The van der Waals surface area contributed by atoms with Crippen LogP contribution in [-0.2, 0) is 43.5 Å². The van der Waals surface area contributed by atoms with Crippen LogP contribution in [0.2, 0.25) is 5.02 Å². The third-order valence-corrected chi connectivity index (χ3v) is 8.17. The fraction of sp³-hybridized carbons (Fsp3) is 0.314. The maximum absolute atomic E-state index is 11.2. The van der Waals surface area contributed by atoms with Gasteiger partial charge in [0.25, 0.3) is 5.69 Å². The highest BCUT2D eigenvalue weighted by Gasteiger charge is 2.53. The summed E-state index contributed by atoms with van der Waals surface area (Å²) in [6.45, 7) is 1.41. The predicted molar refractivity (Wildman–Crippen MR) is 167 cm³/mol. The second-order valence-corrected chi connectivity index (χ2v) is 11.4. The van der Waals surface area contributed by atoms with Gasteiger partial charge in [0.05, 0.1) is 42.5 Å². The number of nitro benzene ring substituents is 1. The molecule has 6 atom stereocenters. The standard InChI is InChI=1S/C35H34ClNO8/c36-29-18-27(37(38)39)16-17-30(29)43-32-19-28-33(41-21-25-12-6-2-7-13-25)34(42-22-26-14-8-3-9-15-26)31(44-35(28)45-32)23-40-20-24-10-4-1-5-11-24/h1-18,28,31-35H,19-23H2/t28-,31-,32-,33-,34-,35-/m1/s1. The number of hydrogen-bond donors (Lipinski definition) is 0. The van der Waals surface area contributed by atoms with Crippen molar-refractivity contribution >= 4 is 17.3 Å². The number of non-ortho nitro benzene ring substituents is 1.